The molecule has 2 atom stereocenters. The molecule has 4 rings (SSSR count). The third-order valence-corrected chi connectivity index (χ3v) is 5.72. The summed E-state index contributed by atoms with van der Waals surface area (Å²) in [6, 6.07) is 14.6. The van der Waals surface area contributed by atoms with Gasteiger partial charge < -0.3 is 26.3 Å². The molecule has 3 amide bonds. The SMILES string of the molecule is N#Cc1cccc(NC(=O)Nc2ccc3[nH]cc(C[C@@H](N)C(=O)N4CCC[C@H]4C#N)c3c2)c1. The monoisotopic (exact) mass is 441 g/mol. The highest BCUT2D eigenvalue weighted by Gasteiger charge is 2.31. The van der Waals surface area contributed by atoms with Gasteiger partial charge in [-0.05, 0) is 61.2 Å². The van der Waals surface area contributed by atoms with Crippen molar-refractivity contribution in [3.63, 3.8) is 0 Å². The van der Waals surface area contributed by atoms with Crippen molar-refractivity contribution in [3.8, 4) is 12.1 Å². The first-order chi connectivity index (χ1) is 16.0. The predicted molar refractivity (Wildman–Crippen MR) is 124 cm³/mol. The van der Waals surface area contributed by atoms with Gasteiger partial charge in [-0.15, -0.1) is 0 Å². The number of likely N-dealkylation sites (tertiary alicyclic amines) is 1. The maximum absolute atomic E-state index is 12.8. The van der Waals surface area contributed by atoms with E-state index in [1.54, 1.807) is 41.4 Å². The van der Waals surface area contributed by atoms with Crippen LogP contribution in [0.5, 0.6) is 0 Å². The number of nitriles is 2. The number of urea groups is 1. The summed E-state index contributed by atoms with van der Waals surface area (Å²) in [6.45, 7) is 0.555. The van der Waals surface area contributed by atoms with E-state index in [4.69, 9.17) is 11.0 Å². The minimum atomic E-state index is -0.759. The molecule has 1 aliphatic rings. The number of H-pyrrole nitrogens is 1. The van der Waals surface area contributed by atoms with E-state index in [-0.39, 0.29) is 5.91 Å². The molecule has 1 fully saturated rings. The second-order valence-corrected chi connectivity index (χ2v) is 7.98. The van der Waals surface area contributed by atoms with Crippen molar-refractivity contribution in [3.05, 3.63) is 59.8 Å². The maximum atomic E-state index is 12.8. The van der Waals surface area contributed by atoms with Crippen molar-refractivity contribution in [1.29, 1.82) is 10.5 Å². The zero-order chi connectivity index (χ0) is 23.4. The second-order valence-electron chi connectivity index (χ2n) is 7.98. The number of fused-ring (bicyclic) bond motifs is 1. The van der Waals surface area contributed by atoms with E-state index in [0.717, 1.165) is 22.9 Å². The standard InChI is InChI=1S/C24H23N7O2/c25-12-15-3-1-4-17(9-15)29-24(33)30-18-6-7-22-20(11-18)16(14-28-22)10-21(27)23(32)31-8-2-5-19(31)13-26/h1,3-4,6-7,9,11,14,19,21,28H,2,5,8,10,27H2,(H2,29,30,33)/t19-,21+/m0/s1. The number of anilines is 2. The lowest BCUT2D eigenvalue weighted by atomic mass is 10.0. The van der Waals surface area contributed by atoms with Crippen molar-refractivity contribution >= 4 is 34.2 Å². The number of carbonyl (C=O) groups is 2. The summed E-state index contributed by atoms with van der Waals surface area (Å²) in [4.78, 5) is 29.9. The summed E-state index contributed by atoms with van der Waals surface area (Å²) in [6.07, 6.45) is 3.60. The molecule has 1 aromatic heterocycles. The number of amides is 3. The summed E-state index contributed by atoms with van der Waals surface area (Å²) in [7, 11) is 0. The summed E-state index contributed by atoms with van der Waals surface area (Å²) < 4.78 is 0. The topological polar surface area (TPSA) is 151 Å². The number of rotatable bonds is 5. The molecule has 0 unspecified atom stereocenters. The van der Waals surface area contributed by atoms with Crippen molar-refractivity contribution in [2.75, 3.05) is 17.2 Å². The van der Waals surface area contributed by atoms with Gasteiger partial charge in [-0.3, -0.25) is 4.79 Å². The fourth-order valence-electron chi connectivity index (χ4n) is 4.09. The average Bonchev–Trinajstić information content (AvgIpc) is 3.45. The maximum Gasteiger partial charge on any atom is 0.323 e. The van der Waals surface area contributed by atoms with Gasteiger partial charge in [0.1, 0.15) is 6.04 Å². The van der Waals surface area contributed by atoms with Gasteiger partial charge in [0, 0.05) is 35.0 Å². The van der Waals surface area contributed by atoms with Gasteiger partial charge in [0.15, 0.2) is 0 Å². The lowest BCUT2D eigenvalue weighted by Crippen LogP contribution is -2.46. The van der Waals surface area contributed by atoms with Crippen molar-refractivity contribution in [2.24, 2.45) is 5.73 Å². The first-order valence-electron chi connectivity index (χ1n) is 10.6. The van der Waals surface area contributed by atoms with Crippen LogP contribution in [0.4, 0.5) is 16.2 Å². The van der Waals surface area contributed by atoms with Crippen LogP contribution >= 0.6 is 0 Å². The number of hydrogen-bond acceptors (Lipinski definition) is 5. The molecular weight excluding hydrogens is 418 g/mol. The molecule has 166 valence electrons. The normalized spacial score (nSPS) is 16.1. The van der Waals surface area contributed by atoms with E-state index < -0.39 is 18.1 Å². The fraction of sp³-hybridized carbons (Fsp3) is 0.250. The molecular formula is C24H23N7O2. The van der Waals surface area contributed by atoms with Gasteiger partial charge in [0.25, 0.3) is 0 Å². The molecule has 3 aromatic rings. The van der Waals surface area contributed by atoms with Crippen LogP contribution in [-0.4, -0.2) is 40.5 Å². The van der Waals surface area contributed by atoms with Gasteiger partial charge in [-0.2, -0.15) is 10.5 Å². The molecule has 1 saturated heterocycles. The molecule has 2 heterocycles. The number of nitrogens with two attached hydrogens (primary N) is 1. The third-order valence-electron chi connectivity index (χ3n) is 5.72. The first-order valence-corrected chi connectivity index (χ1v) is 10.6. The first kappa shape index (κ1) is 21.9. The number of nitrogens with zero attached hydrogens (tertiary/aromatic N) is 3. The third kappa shape index (κ3) is 4.79. The number of aromatic nitrogens is 1. The Hall–Kier alpha value is -4.34. The lowest BCUT2D eigenvalue weighted by molar-refractivity contribution is -0.132. The average molecular weight is 441 g/mol. The Morgan fingerprint density at radius 1 is 1.18 bits per heavy atom. The lowest BCUT2D eigenvalue weighted by Gasteiger charge is -2.23. The molecule has 33 heavy (non-hydrogen) atoms. The Kier molecular flexibility index (Phi) is 6.25. The van der Waals surface area contributed by atoms with Crippen LogP contribution < -0.4 is 16.4 Å². The smallest absolute Gasteiger partial charge is 0.323 e. The van der Waals surface area contributed by atoms with E-state index >= 15 is 0 Å². The molecule has 9 heteroatoms. The molecule has 0 bridgehead atoms. The highest BCUT2D eigenvalue weighted by atomic mass is 16.2. The summed E-state index contributed by atoms with van der Waals surface area (Å²) in [5, 5.41) is 24.6. The van der Waals surface area contributed by atoms with Crippen LogP contribution in [0.2, 0.25) is 0 Å². The zero-order valence-corrected chi connectivity index (χ0v) is 17.8. The molecule has 0 saturated carbocycles. The number of nitrogens with one attached hydrogen (secondary N) is 3. The van der Waals surface area contributed by atoms with Gasteiger partial charge >= 0.3 is 6.03 Å². The number of aromatic amines is 1. The van der Waals surface area contributed by atoms with Crippen LogP contribution in [0, 0.1) is 22.7 Å². The zero-order valence-electron chi connectivity index (χ0n) is 17.8. The van der Waals surface area contributed by atoms with Gasteiger partial charge in [-0.25, -0.2) is 4.79 Å². The summed E-state index contributed by atoms with van der Waals surface area (Å²) in [5.41, 5.74) is 9.45. The number of carbonyl (C=O) groups excluding carboxylic acids is 2. The van der Waals surface area contributed by atoms with Gasteiger partial charge in [0.2, 0.25) is 5.91 Å². The minimum Gasteiger partial charge on any atom is -0.361 e. The molecule has 0 spiro atoms. The van der Waals surface area contributed by atoms with Crippen LogP contribution in [0.25, 0.3) is 10.9 Å². The largest absolute Gasteiger partial charge is 0.361 e. The molecule has 0 aliphatic carbocycles. The molecule has 2 aromatic carbocycles. The van der Waals surface area contributed by atoms with Crippen LogP contribution in [-0.2, 0) is 11.2 Å². The van der Waals surface area contributed by atoms with Crippen LogP contribution in [0.15, 0.2) is 48.7 Å². The van der Waals surface area contributed by atoms with Crippen LogP contribution in [0.1, 0.15) is 24.0 Å². The van der Waals surface area contributed by atoms with Gasteiger partial charge in [-0.1, -0.05) is 6.07 Å². The fourth-order valence-corrected chi connectivity index (χ4v) is 4.09. The quantitative estimate of drug-likeness (QED) is 0.480. The Morgan fingerprint density at radius 3 is 2.73 bits per heavy atom. The highest BCUT2D eigenvalue weighted by Crippen LogP contribution is 2.25. The van der Waals surface area contributed by atoms with E-state index in [9.17, 15) is 14.9 Å². The molecule has 9 nitrogen and oxygen atoms in total. The van der Waals surface area contributed by atoms with Crippen molar-refractivity contribution in [2.45, 2.75) is 31.3 Å². The van der Waals surface area contributed by atoms with Gasteiger partial charge in [0.05, 0.1) is 23.7 Å². The molecule has 0 radical (unpaired) electrons. The summed E-state index contributed by atoms with van der Waals surface area (Å²) >= 11 is 0. The van der Waals surface area contributed by atoms with E-state index in [1.165, 1.54) is 0 Å². The predicted octanol–water partition coefficient (Wildman–Crippen LogP) is 3.07. The van der Waals surface area contributed by atoms with Crippen molar-refractivity contribution in [1.82, 2.24) is 9.88 Å². The number of benzene rings is 2. The Bertz CT molecular complexity index is 1280. The Balaban J connectivity index is 1.46. The number of hydrogen-bond donors (Lipinski definition) is 4. The Labute approximate surface area is 190 Å². The second kappa shape index (κ2) is 9.43. The minimum absolute atomic E-state index is 0.221. The highest BCUT2D eigenvalue weighted by molar-refractivity contribution is 6.01. The molecule has 1 aliphatic heterocycles. The molecule has 5 N–H and O–H groups in total. The van der Waals surface area contributed by atoms with Crippen LogP contribution in [0.3, 0.4) is 0 Å². The van der Waals surface area contributed by atoms with Crippen molar-refractivity contribution < 1.29 is 9.59 Å². The van der Waals surface area contributed by atoms with E-state index in [1.807, 2.05) is 18.2 Å². The van der Waals surface area contributed by atoms with E-state index in [0.29, 0.717) is 36.3 Å². The Morgan fingerprint density at radius 2 is 1.97 bits per heavy atom. The van der Waals surface area contributed by atoms with E-state index in [2.05, 4.69) is 21.7 Å². The summed E-state index contributed by atoms with van der Waals surface area (Å²) in [5.74, 6) is -0.221.